The molecule has 24 heavy (non-hydrogen) atoms. The Morgan fingerprint density at radius 3 is 1.96 bits per heavy atom. The molecule has 0 aliphatic heterocycles. The van der Waals surface area contributed by atoms with Crippen molar-refractivity contribution in [1.29, 1.82) is 0 Å². The van der Waals surface area contributed by atoms with Crippen LogP contribution in [0.1, 0.15) is 0 Å². The molecule has 124 valence electrons. The summed E-state index contributed by atoms with van der Waals surface area (Å²) in [6, 6.07) is 15.7. The van der Waals surface area contributed by atoms with Gasteiger partial charge in [0.15, 0.2) is 11.9 Å². The van der Waals surface area contributed by atoms with Gasteiger partial charge in [-0.2, -0.15) is 0 Å². The Hall–Kier alpha value is -2.77. The number of guanidine groups is 2. The van der Waals surface area contributed by atoms with Crippen LogP contribution in [-0.2, 0) is 0 Å². The quantitative estimate of drug-likeness (QED) is 0.422. The number of benzene rings is 2. The Labute approximate surface area is 149 Å². The smallest absolute Gasteiger partial charge is 0.191 e. The summed E-state index contributed by atoms with van der Waals surface area (Å²) in [5.41, 5.74) is 24.1. The van der Waals surface area contributed by atoms with Crippen molar-refractivity contribution < 1.29 is 0 Å². The molecule has 6 nitrogen and oxygen atoms in total. The Kier molecular flexibility index (Phi) is 5.28. The maximum atomic E-state index is 5.42. The molecule has 8 N–H and O–H groups in total. The molecule has 0 saturated carbocycles. The first kappa shape index (κ1) is 17.6. The fourth-order valence-electron chi connectivity index (χ4n) is 2.24. The van der Waals surface area contributed by atoms with Gasteiger partial charge in [0.25, 0.3) is 0 Å². The fourth-order valence-corrected chi connectivity index (χ4v) is 3.29. The monoisotopic (exact) mass is 360 g/mol. The largest absolute Gasteiger partial charge is 0.370 e. The van der Waals surface area contributed by atoms with E-state index in [4.69, 9.17) is 22.9 Å². The average molecular weight is 361 g/mol. The zero-order valence-corrected chi connectivity index (χ0v) is 14.3. The molecule has 0 unspecified atom stereocenters. The van der Waals surface area contributed by atoms with Crippen LogP contribution in [0.4, 0.5) is 11.4 Å². The molecule has 0 aliphatic carbocycles. The fraction of sp³-hybridized carbons (Fsp3) is 0. The second-order valence-electron chi connectivity index (χ2n) is 4.95. The van der Waals surface area contributed by atoms with Gasteiger partial charge >= 0.3 is 0 Å². The van der Waals surface area contributed by atoms with Crippen molar-refractivity contribution in [3.63, 3.8) is 0 Å². The van der Waals surface area contributed by atoms with Gasteiger partial charge in [0.1, 0.15) is 0 Å². The summed E-state index contributed by atoms with van der Waals surface area (Å²) in [5, 5.41) is 1.10. The first-order chi connectivity index (χ1) is 11.0. The number of nitrogens with zero attached hydrogens (tertiary/aromatic N) is 2. The molecular formula is C16H17ClN6S. The van der Waals surface area contributed by atoms with E-state index in [1.165, 1.54) is 4.70 Å². The Morgan fingerprint density at radius 2 is 1.33 bits per heavy atom. The lowest BCUT2D eigenvalue weighted by Gasteiger charge is -1.98. The molecule has 1 aromatic heterocycles. The second kappa shape index (κ2) is 7.20. The van der Waals surface area contributed by atoms with Gasteiger partial charge in [-0.1, -0.05) is 12.1 Å². The zero-order valence-electron chi connectivity index (χ0n) is 12.6. The molecule has 3 aromatic rings. The topological polar surface area (TPSA) is 129 Å². The van der Waals surface area contributed by atoms with E-state index in [2.05, 4.69) is 16.1 Å². The van der Waals surface area contributed by atoms with Crippen LogP contribution in [0.5, 0.6) is 0 Å². The average Bonchev–Trinajstić information content (AvgIpc) is 2.90. The Morgan fingerprint density at radius 1 is 0.750 bits per heavy atom. The summed E-state index contributed by atoms with van der Waals surface area (Å²) in [6.45, 7) is 0. The van der Waals surface area contributed by atoms with Crippen LogP contribution < -0.4 is 22.9 Å². The van der Waals surface area contributed by atoms with Crippen molar-refractivity contribution in [1.82, 2.24) is 0 Å². The summed E-state index contributed by atoms with van der Waals surface area (Å²) in [4.78, 5) is 9.23. The first-order valence-corrected chi connectivity index (χ1v) is 7.66. The van der Waals surface area contributed by atoms with Gasteiger partial charge in [0.05, 0.1) is 11.4 Å². The lowest BCUT2D eigenvalue weighted by molar-refractivity contribution is 1.42. The van der Waals surface area contributed by atoms with Crippen molar-refractivity contribution in [3.05, 3.63) is 48.5 Å². The molecule has 1 heterocycles. The minimum Gasteiger partial charge on any atom is -0.370 e. The van der Waals surface area contributed by atoms with E-state index < -0.39 is 0 Å². The lowest BCUT2D eigenvalue weighted by atomic mass is 10.1. The van der Waals surface area contributed by atoms with E-state index in [0.29, 0.717) is 0 Å². The van der Waals surface area contributed by atoms with Crippen LogP contribution in [0.15, 0.2) is 58.5 Å². The van der Waals surface area contributed by atoms with Crippen molar-refractivity contribution >= 4 is 57.1 Å². The summed E-state index contributed by atoms with van der Waals surface area (Å²) in [6.07, 6.45) is 0. The predicted molar refractivity (Wildman–Crippen MR) is 105 cm³/mol. The normalized spacial score (nSPS) is 10.0. The molecule has 0 bridgehead atoms. The molecule has 0 saturated heterocycles. The highest BCUT2D eigenvalue weighted by Gasteiger charge is 2.05. The maximum absolute atomic E-state index is 5.42. The summed E-state index contributed by atoms with van der Waals surface area (Å²) in [7, 11) is 0. The molecule has 2 aromatic carbocycles. The number of nitrogens with two attached hydrogens (primary N) is 4. The molecular weight excluding hydrogens is 344 g/mol. The molecule has 0 spiro atoms. The number of thiophene rings is 1. The van der Waals surface area contributed by atoms with E-state index in [9.17, 15) is 0 Å². The third-order valence-electron chi connectivity index (χ3n) is 3.17. The van der Waals surface area contributed by atoms with Crippen LogP contribution in [0, 0.1) is 0 Å². The summed E-state index contributed by atoms with van der Waals surface area (Å²) < 4.78 is 1.17. The predicted octanol–water partition coefficient (Wildman–Crippen LogP) is 2.80. The first-order valence-electron chi connectivity index (χ1n) is 6.84. The Balaban J connectivity index is 0.00000208. The number of halogens is 1. The molecule has 0 atom stereocenters. The van der Waals surface area contributed by atoms with E-state index in [1.807, 2.05) is 42.5 Å². The van der Waals surface area contributed by atoms with Crippen molar-refractivity contribution in [2.75, 3.05) is 0 Å². The molecule has 0 fully saturated rings. The van der Waals surface area contributed by atoms with Crippen molar-refractivity contribution in [3.8, 4) is 10.4 Å². The van der Waals surface area contributed by atoms with Gasteiger partial charge in [-0.05, 0) is 47.3 Å². The lowest BCUT2D eigenvalue weighted by Crippen LogP contribution is -2.21. The molecule has 0 amide bonds. The maximum Gasteiger partial charge on any atom is 0.191 e. The molecule has 0 aliphatic rings. The molecule has 8 heteroatoms. The SMILES string of the molecule is Cl.NC(N)=Nc1ccc(-c2cc3cc(N=C(N)N)ccc3s2)cc1. The van der Waals surface area contributed by atoms with Gasteiger partial charge in [-0.3, -0.25) is 0 Å². The second-order valence-corrected chi connectivity index (χ2v) is 6.04. The van der Waals surface area contributed by atoms with Gasteiger partial charge < -0.3 is 22.9 Å². The summed E-state index contributed by atoms with van der Waals surface area (Å²) >= 11 is 1.70. The van der Waals surface area contributed by atoms with Crippen molar-refractivity contribution in [2.45, 2.75) is 0 Å². The Bertz CT molecular complexity index is 906. The number of aliphatic imine (C=N–C) groups is 2. The van der Waals surface area contributed by atoms with Crippen LogP contribution in [0.3, 0.4) is 0 Å². The highest BCUT2D eigenvalue weighted by Crippen LogP contribution is 2.35. The van der Waals surface area contributed by atoms with Crippen LogP contribution in [-0.4, -0.2) is 11.9 Å². The minimum absolute atomic E-state index is 0. The van der Waals surface area contributed by atoms with Crippen LogP contribution >= 0.6 is 23.7 Å². The molecule has 3 rings (SSSR count). The number of rotatable bonds is 3. The molecule has 0 radical (unpaired) electrons. The van der Waals surface area contributed by atoms with Crippen LogP contribution in [0.25, 0.3) is 20.5 Å². The highest BCUT2D eigenvalue weighted by molar-refractivity contribution is 7.22. The van der Waals surface area contributed by atoms with Gasteiger partial charge in [0.2, 0.25) is 0 Å². The zero-order chi connectivity index (χ0) is 16.4. The number of hydrogen-bond acceptors (Lipinski definition) is 3. The van der Waals surface area contributed by atoms with E-state index in [-0.39, 0.29) is 24.3 Å². The van der Waals surface area contributed by atoms with E-state index in [1.54, 1.807) is 11.3 Å². The number of hydrogen-bond donors (Lipinski definition) is 4. The minimum atomic E-state index is 0. The standard InChI is InChI=1S/C16H16N6S.ClH/c17-15(18)21-11-3-1-9(2-4-11)14-8-10-7-12(22-16(19)20)5-6-13(10)23-14;/h1-8H,(H4,17,18,21)(H4,19,20,22);1H. The summed E-state index contributed by atoms with van der Waals surface area (Å²) in [5.74, 6) is 0.0991. The van der Waals surface area contributed by atoms with Crippen molar-refractivity contribution in [2.24, 2.45) is 32.9 Å². The number of fused-ring (bicyclic) bond motifs is 1. The third kappa shape index (κ3) is 3.95. The third-order valence-corrected chi connectivity index (χ3v) is 4.33. The van der Waals surface area contributed by atoms with E-state index in [0.717, 1.165) is 27.2 Å². The van der Waals surface area contributed by atoms with Gasteiger partial charge in [-0.15, -0.1) is 23.7 Å². The van der Waals surface area contributed by atoms with Gasteiger partial charge in [0, 0.05) is 9.58 Å². The van der Waals surface area contributed by atoms with Gasteiger partial charge in [-0.25, -0.2) is 9.98 Å². The van der Waals surface area contributed by atoms with Crippen LogP contribution in [0.2, 0.25) is 0 Å². The highest BCUT2D eigenvalue weighted by atomic mass is 35.5. The van der Waals surface area contributed by atoms with E-state index >= 15 is 0 Å².